The quantitative estimate of drug-likeness (QED) is 0.633. The van der Waals surface area contributed by atoms with E-state index in [4.69, 9.17) is 4.74 Å². The van der Waals surface area contributed by atoms with Crippen molar-refractivity contribution in [3.8, 4) is 0 Å². The maximum Gasteiger partial charge on any atom is 0.237 e. The van der Waals surface area contributed by atoms with Crippen LogP contribution in [0.1, 0.15) is 18.4 Å². The van der Waals surface area contributed by atoms with Gasteiger partial charge in [-0.25, -0.2) is 4.98 Å². The van der Waals surface area contributed by atoms with E-state index < -0.39 is 0 Å². The second-order valence-electron chi connectivity index (χ2n) is 8.92. The number of hydrogen-bond donors (Lipinski definition) is 0. The molecule has 2 aromatic rings. The number of carbonyl (C=O) groups excluding carboxylic acids is 1. The van der Waals surface area contributed by atoms with Gasteiger partial charge in [0.05, 0.1) is 12.6 Å². The summed E-state index contributed by atoms with van der Waals surface area (Å²) in [6, 6.07) is 14.5. The van der Waals surface area contributed by atoms with Crippen molar-refractivity contribution in [2.75, 3.05) is 69.8 Å². The predicted molar refractivity (Wildman–Crippen MR) is 128 cm³/mol. The smallest absolute Gasteiger partial charge is 0.237 e. The van der Waals surface area contributed by atoms with Crippen molar-refractivity contribution in [2.45, 2.75) is 25.5 Å². The lowest BCUT2D eigenvalue weighted by Crippen LogP contribution is -2.51. The fraction of sp³-hybridized carbons (Fsp3) is 0.520. The summed E-state index contributed by atoms with van der Waals surface area (Å²) in [5, 5.41) is 0. The fourth-order valence-electron chi connectivity index (χ4n) is 4.38. The number of anilines is 2. The van der Waals surface area contributed by atoms with Crippen LogP contribution in [0.4, 0.5) is 11.5 Å². The summed E-state index contributed by atoms with van der Waals surface area (Å²) in [7, 11) is 4.08. The first-order valence-electron chi connectivity index (χ1n) is 11.6. The number of rotatable bonds is 8. The van der Waals surface area contributed by atoms with E-state index in [1.807, 2.05) is 43.4 Å². The van der Waals surface area contributed by atoms with E-state index in [1.165, 1.54) is 0 Å². The van der Waals surface area contributed by atoms with Crippen LogP contribution < -0.4 is 9.80 Å². The number of carbonyl (C=O) groups is 1. The number of amides is 1. The van der Waals surface area contributed by atoms with E-state index in [-0.39, 0.29) is 12.0 Å². The van der Waals surface area contributed by atoms with Crippen LogP contribution in [0.2, 0.25) is 0 Å². The molecule has 0 unspecified atom stereocenters. The van der Waals surface area contributed by atoms with E-state index in [0.29, 0.717) is 19.6 Å². The van der Waals surface area contributed by atoms with Crippen molar-refractivity contribution in [3.63, 3.8) is 0 Å². The second kappa shape index (κ2) is 10.8. The molecule has 0 saturated carbocycles. The molecule has 3 heterocycles. The molecule has 0 aliphatic carbocycles. The molecule has 32 heavy (non-hydrogen) atoms. The SMILES string of the molecule is CN(C)c1ccc(CN(C[C@H]2CCCO2)C(=O)CN2CCN(c3ccccn3)CC2)cc1. The van der Waals surface area contributed by atoms with Gasteiger partial charge in [0, 0.05) is 71.9 Å². The first kappa shape index (κ1) is 22.6. The molecular weight excluding hydrogens is 402 g/mol. The lowest BCUT2D eigenvalue weighted by atomic mass is 10.1. The van der Waals surface area contributed by atoms with Gasteiger partial charge in [0.25, 0.3) is 0 Å². The second-order valence-corrected chi connectivity index (χ2v) is 8.92. The summed E-state index contributed by atoms with van der Waals surface area (Å²) in [5.41, 5.74) is 2.32. The van der Waals surface area contributed by atoms with Crippen LogP contribution >= 0.6 is 0 Å². The van der Waals surface area contributed by atoms with Gasteiger partial charge >= 0.3 is 0 Å². The highest BCUT2D eigenvalue weighted by Gasteiger charge is 2.26. The molecule has 2 aliphatic rings. The minimum atomic E-state index is 0.154. The number of benzene rings is 1. The number of aromatic nitrogens is 1. The van der Waals surface area contributed by atoms with Gasteiger partial charge in [-0.1, -0.05) is 18.2 Å². The van der Waals surface area contributed by atoms with Crippen molar-refractivity contribution >= 4 is 17.4 Å². The molecule has 0 N–H and O–H groups in total. The van der Waals surface area contributed by atoms with Gasteiger partial charge in [0.15, 0.2) is 0 Å². The third-order valence-corrected chi connectivity index (χ3v) is 6.33. The predicted octanol–water partition coefficient (Wildman–Crippen LogP) is 2.48. The number of pyridine rings is 1. The minimum Gasteiger partial charge on any atom is -0.378 e. The van der Waals surface area contributed by atoms with E-state index in [2.05, 4.69) is 43.9 Å². The first-order chi connectivity index (χ1) is 15.6. The molecule has 2 fully saturated rings. The summed E-state index contributed by atoms with van der Waals surface area (Å²) in [4.78, 5) is 26.4. The molecule has 172 valence electrons. The molecule has 0 spiro atoms. The molecule has 0 bridgehead atoms. The van der Waals surface area contributed by atoms with Crippen molar-refractivity contribution in [1.29, 1.82) is 0 Å². The molecule has 7 nitrogen and oxygen atoms in total. The normalized spacial score (nSPS) is 19.2. The van der Waals surface area contributed by atoms with Gasteiger partial charge in [-0.3, -0.25) is 9.69 Å². The van der Waals surface area contributed by atoms with Crippen molar-refractivity contribution < 1.29 is 9.53 Å². The molecular formula is C25H35N5O2. The van der Waals surface area contributed by atoms with E-state index in [0.717, 1.165) is 62.7 Å². The number of piperazine rings is 1. The molecule has 7 heteroatoms. The Balaban J connectivity index is 1.35. The zero-order valence-electron chi connectivity index (χ0n) is 19.3. The Labute approximate surface area is 191 Å². The monoisotopic (exact) mass is 437 g/mol. The standard InChI is InChI=1S/C25H35N5O2/c1-27(2)22-10-8-21(9-11-22)18-30(19-23-6-5-17-32-23)25(31)20-28-13-15-29(16-14-28)24-7-3-4-12-26-24/h3-4,7-12,23H,5-6,13-20H2,1-2H3/t23-/m1/s1. The lowest BCUT2D eigenvalue weighted by Gasteiger charge is -2.36. The van der Waals surface area contributed by atoms with E-state index in [1.54, 1.807) is 0 Å². The van der Waals surface area contributed by atoms with Crippen molar-refractivity contribution in [1.82, 2.24) is 14.8 Å². The summed E-state index contributed by atoms with van der Waals surface area (Å²) in [5.74, 6) is 1.20. The van der Waals surface area contributed by atoms with Crippen LogP contribution in [-0.4, -0.2) is 86.8 Å². The molecule has 1 aromatic carbocycles. The molecule has 0 radical (unpaired) electrons. The number of nitrogens with zero attached hydrogens (tertiary/aromatic N) is 5. The number of ether oxygens (including phenoxy) is 1. The Bertz CT molecular complexity index is 844. The lowest BCUT2D eigenvalue weighted by molar-refractivity contribution is -0.134. The average molecular weight is 438 g/mol. The molecule has 2 aliphatic heterocycles. The molecule has 1 amide bonds. The Hall–Kier alpha value is -2.64. The van der Waals surface area contributed by atoms with Gasteiger partial charge in [-0.15, -0.1) is 0 Å². The van der Waals surface area contributed by atoms with Gasteiger partial charge in [0.2, 0.25) is 5.91 Å². The largest absolute Gasteiger partial charge is 0.378 e. The summed E-state index contributed by atoms with van der Waals surface area (Å²) in [6.45, 7) is 6.08. The highest BCUT2D eigenvalue weighted by atomic mass is 16.5. The molecule has 2 saturated heterocycles. The number of hydrogen-bond acceptors (Lipinski definition) is 6. The Morgan fingerprint density at radius 3 is 2.50 bits per heavy atom. The van der Waals surface area contributed by atoms with Crippen LogP contribution in [0.25, 0.3) is 0 Å². The Morgan fingerprint density at radius 1 is 1.09 bits per heavy atom. The van der Waals surface area contributed by atoms with Gasteiger partial charge in [0.1, 0.15) is 5.82 Å². The van der Waals surface area contributed by atoms with Crippen LogP contribution in [-0.2, 0) is 16.1 Å². The topological polar surface area (TPSA) is 52.2 Å². The third kappa shape index (κ3) is 5.99. The maximum atomic E-state index is 13.3. The van der Waals surface area contributed by atoms with Gasteiger partial charge in [-0.05, 0) is 42.7 Å². The van der Waals surface area contributed by atoms with Gasteiger partial charge in [-0.2, -0.15) is 0 Å². The fourth-order valence-corrected chi connectivity index (χ4v) is 4.38. The van der Waals surface area contributed by atoms with Crippen LogP contribution in [0.5, 0.6) is 0 Å². The van der Waals surface area contributed by atoms with Crippen LogP contribution in [0, 0.1) is 0 Å². The zero-order chi connectivity index (χ0) is 22.3. The van der Waals surface area contributed by atoms with Gasteiger partial charge < -0.3 is 19.4 Å². The zero-order valence-corrected chi connectivity index (χ0v) is 19.3. The summed E-state index contributed by atoms with van der Waals surface area (Å²) in [6.07, 6.45) is 4.10. The van der Waals surface area contributed by atoms with Crippen molar-refractivity contribution in [2.24, 2.45) is 0 Å². The Morgan fingerprint density at radius 2 is 1.88 bits per heavy atom. The Kier molecular flexibility index (Phi) is 7.60. The molecule has 4 rings (SSSR count). The highest BCUT2D eigenvalue weighted by Crippen LogP contribution is 2.18. The third-order valence-electron chi connectivity index (χ3n) is 6.33. The summed E-state index contributed by atoms with van der Waals surface area (Å²) >= 11 is 0. The molecule has 1 aromatic heterocycles. The highest BCUT2D eigenvalue weighted by molar-refractivity contribution is 5.78. The summed E-state index contributed by atoms with van der Waals surface area (Å²) < 4.78 is 5.85. The maximum absolute atomic E-state index is 13.3. The average Bonchev–Trinajstić information content (AvgIpc) is 3.33. The minimum absolute atomic E-state index is 0.154. The first-order valence-corrected chi connectivity index (χ1v) is 11.6. The van der Waals surface area contributed by atoms with E-state index in [9.17, 15) is 4.79 Å². The van der Waals surface area contributed by atoms with Crippen LogP contribution in [0.3, 0.4) is 0 Å². The van der Waals surface area contributed by atoms with Crippen molar-refractivity contribution in [3.05, 3.63) is 54.2 Å². The van der Waals surface area contributed by atoms with Crippen LogP contribution in [0.15, 0.2) is 48.7 Å². The van der Waals surface area contributed by atoms with E-state index >= 15 is 0 Å². The molecule has 1 atom stereocenters.